The van der Waals surface area contributed by atoms with Gasteiger partial charge in [-0.1, -0.05) is 26.3 Å². The zero-order chi connectivity index (χ0) is 35.5. The van der Waals surface area contributed by atoms with E-state index in [1.54, 1.807) is 0 Å². The highest BCUT2D eigenvalue weighted by Crippen LogP contribution is 2.22. The molecule has 0 atom stereocenters. The Bertz CT molecular complexity index is 1020. The zero-order valence-electron chi connectivity index (χ0n) is 27.1. The Kier molecular flexibility index (Phi) is 18.7. The monoisotopic (exact) mass is 654 g/mol. The van der Waals surface area contributed by atoms with Gasteiger partial charge in [0.2, 0.25) is 0 Å². The van der Waals surface area contributed by atoms with Crippen molar-refractivity contribution < 1.29 is 67.4 Å². The largest absolute Gasteiger partial charge is 0.465 e. The van der Waals surface area contributed by atoms with Gasteiger partial charge in [0.15, 0.2) is 0 Å². The van der Waals surface area contributed by atoms with Gasteiger partial charge in [0.05, 0.1) is 24.0 Å². The number of aliphatic hydroxyl groups is 2. The van der Waals surface area contributed by atoms with Gasteiger partial charge in [-0.15, -0.1) is 0 Å². The van der Waals surface area contributed by atoms with Crippen LogP contribution >= 0.6 is 0 Å². The fraction of sp³-hybridized carbons (Fsp3) is 0.562. The minimum atomic E-state index is -1.45. The van der Waals surface area contributed by atoms with Crippen molar-refractivity contribution in [3.05, 3.63) is 48.6 Å². The molecule has 0 aromatic carbocycles. The minimum absolute atomic E-state index is 0.0979. The van der Waals surface area contributed by atoms with Crippen LogP contribution in [0, 0.1) is 10.8 Å². The molecule has 0 aromatic heterocycles. The standard InChI is InChI=1S/C32H46O14/c1-21(2)27(37)43-17-31(13-33,18-44-28(38)22(3)4)15-41-25(35)11-9-10-12-26(36)42-16-32(14-34,19-45-29(39)23(5)6)20-46-30(40)24(7)8/h33-34H,1,3,5,7,9-20H2,2,4,6,8H3. The fourth-order valence-electron chi connectivity index (χ4n) is 3.04. The summed E-state index contributed by atoms with van der Waals surface area (Å²) >= 11 is 0. The molecule has 0 unspecified atom stereocenters. The molecule has 0 bridgehead atoms. The molecule has 0 heterocycles. The van der Waals surface area contributed by atoms with Gasteiger partial charge >= 0.3 is 35.8 Å². The van der Waals surface area contributed by atoms with E-state index in [4.69, 9.17) is 28.4 Å². The SMILES string of the molecule is C=C(C)C(=O)OCC(CO)(COC(=O)CCCCC(=O)OCC(CO)(COC(=O)C(=C)C)COC(=O)C(=C)C)COC(=O)C(=C)C. The molecule has 0 fully saturated rings. The number of rotatable bonds is 23. The highest BCUT2D eigenvalue weighted by Gasteiger charge is 2.37. The summed E-state index contributed by atoms with van der Waals surface area (Å²) in [4.78, 5) is 72.3. The molecular weight excluding hydrogens is 608 g/mol. The summed E-state index contributed by atoms with van der Waals surface area (Å²) in [6, 6.07) is 0. The van der Waals surface area contributed by atoms with Crippen molar-refractivity contribution in [3.63, 3.8) is 0 Å². The summed E-state index contributed by atoms with van der Waals surface area (Å²) in [6.07, 6.45) is 0.153. The molecule has 0 spiro atoms. The van der Waals surface area contributed by atoms with Crippen molar-refractivity contribution >= 4 is 35.8 Å². The van der Waals surface area contributed by atoms with Crippen molar-refractivity contribution in [1.82, 2.24) is 0 Å². The van der Waals surface area contributed by atoms with Crippen LogP contribution in [-0.4, -0.2) is 98.9 Å². The van der Waals surface area contributed by atoms with Crippen molar-refractivity contribution in [3.8, 4) is 0 Å². The zero-order valence-corrected chi connectivity index (χ0v) is 27.1. The molecule has 0 saturated heterocycles. The first-order valence-corrected chi connectivity index (χ1v) is 14.3. The normalized spacial score (nSPS) is 11.0. The lowest BCUT2D eigenvalue weighted by atomic mass is 9.92. The van der Waals surface area contributed by atoms with Gasteiger partial charge in [-0.05, 0) is 40.5 Å². The summed E-state index contributed by atoms with van der Waals surface area (Å²) in [5.41, 5.74) is -2.51. The average Bonchev–Trinajstić information content (AvgIpc) is 3.01. The quantitative estimate of drug-likeness (QED) is 0.0702. The smallest absolute Gasteiger partial charge is 0.333 e. The first-order chi connectivity index (χ1) is 21.4. The maximum absolute atomic E-state index is 12.4. The predicted molar refractivity (Wildman–Crippen MR) is 163 cm³/mol. The molecule has 0 amide bonds. The Morgan fingerprint density at radius 1 is 0.457 bits per heavy atom. The lowest BCUT2D eigenvalue weighted by Gasteiger charge is -2.30. The highest BCUT2D eigenvalue weighted by molar-refractivity contribution is 5.88. The highest BCUT2D eigenvalue weighted by atomic mass is 16.6. The van der Waals surface area contributed by atoms with Gasteiger partial charge < -0.3 is 38.6 Å². The lowest BCUT2D eigenvalue weighted by molar-refractivity contribution is -0.165. The molecule has 46 heavy (non-hydrogen) atoms. The number of unbranched alkanes of at least 4 members (excludes halogenated alkanes) is 1. The van der Waals surface area contributed by atoms with Gasteiger partial charge in [0.1, 0.15) is 39.6 Å². The van der Waals surface area contributed by atoms with E-state index in [0.29, 0.717) is 0 Å². The molecule has 0 rings (SSSR count). The molecule has 14 heteroatoms. The van der Waals surface area contributed by atoms with Crippen molar-refractivity contribution in [2.45, 2.75) is 53.4 Å². The number of esters is 6. The van der Waals surface area contributed by atoms with E-state index in [2.05, 4.69) is 26.3 Å². The van der Waals surface area contributed by atoms with Crippen LogP contribution in [-0.2, 0) is 57.2 Å². The Hall–Kier alpha value is -4.30. The third-order valence-electron chi connectivity index (χ3n) is 6.19. The van der Waals surface area contributed by atoms with Gasteiger partial charge in [0.25, 0.3) is 0 Å². The van der Waals surface area contributed by atoms with Crippen LogP contribution in [0.2, 0.25) is 0 Å². The lowest BCUT2D eigenvalue weighted by Crippen LogP contribution is -2.42. The third-order valence-corrected chi connectivity index (χ3v) is 6.19. The summed E-state index contributed by atoms with van der Waals surface area (Å²) < 4.78 is 31.0. The number of aliphatic hydroxyl groups excluding tert-OH is 2. The molecule has 0 aliphatic rings. The maximum atomic E-state index is 12.4. The number of carbonyl (C=O) groups is 6. The third kappa shape index (κ3) is 16.1. The first kappa shape index (κ1) is 41.7. The van der Waals surface area contributed by atoms with E-state index in [1.165, 1.54) is 27.7 Å². The average molecular weight is 655 g/mol. The van der Waals surface area contributed by atoms with Crippen molar-refractivity contribution in [2.24, 2.45) is 10.8 Å². The second-order valence-corrected chi connectivity index (χ2v) is 11.3. The van der Waals surface area contributed by atoms with Crippen molar-refractivity contribution in [1.29, 1.82) is 0 Å². The summed E-state index contributed by atoms with van der Waals surface area (Å²) in [5.74, 6) is -4.39. The van der Waals surface area contributed by atoms with E-state index < -0.39 is 99.5 Å². The Labute approximate surface area is 269 Å². The molecule has 0 saturated carbocycles. The minimum Gasteiger partial charge on any atom is -0.465 e. The summed E-state index contributed by atoms with van der Waals surface area (Å²) in [6.45, 7) is 15.6. The predicted octanol–water partition coefficient (Wildman–Crippen LogP) is 2.07. The summed E-state index contributed by atoms with van der Waals surface area (Å²) in [7, 11) is 0. The van der Waals surface area contributed by atoms with Crippen LogP contribution in [0.3, 0.4) is 0 Å². The number of hydrogen-bond acceptors (Lipinski definition) is 14. The summed E-state index contributed by atoms with van der Waals surface area (Å²) in [5, 5.41) is 20.0. The molecule has 0 aliphatic carbocycles. The van der Waals surface area contributed by atoms with Crippen LogP contribution in [0.4, 0.5) is 0 Å². The van der Waals surface area contributed by atoms with Crippen LogP contribution in [0.15, 0.2) is 48.6 Å². The van der Waals surface area contributed by atoms with E-state index in [9.17, 15) is 39.0 Å². The number of hydrogen-bond donors (Lipinski definition) is 2. The van der Waals surface area contributed by atoms with E-state index in [1.807, 2.05) is 0 Å². The van der Waals surface area contributed by atoms with Crippen molar-refractivity contribution in [2.75, 3.05) is 52.9 Å². The van der Waals surface area contributed by atoms with E-state index >= 15 is 0 Å². The van der Waals surface area contributed by atoms with Crippen LogP contribution in [0.25, 0.3) is 0 Å². The van der Waals surface area contributed by atoms with E-state index in [-0.39, 0.29) is 48.0 Å². The van der Waals surface area contributed by atoms with Crippen LogP contribution in [0.5, 0.6) is 0 Å². The second-order valence-electron chi connectivity index (χ2n) is 11.3. The number of ether oxygens (including phenoxy) is 6. The molecule has 0 aliphatic heterocycles. The molecule has 2 N–H and O–H groups in total. The molecular formula is C32H46O14. The molecule has 0 aromatic rings. The Morgan fingerprint density at radius 3 is 0.870 bits per heavy atom. The van der Waals surface area contributed by atoms with E-state index in [0.717, 1.165) is 0 Å². The van der Waals surface area contributed by atoms with Gasteiger partial charge in [-0.2, -0.15) is 0 Å². The van der Waals surface area contributed by atoms with Gasteiger partial charge in [-0.3, -0.25) is 9.59 Å². The Balaban J connectivity index is 5.07. The van der Waals surface area contributed by atoms with Crippen LogP contribution < -0.4 is 0 Å². The van der Waals surface area contributed by atoms with Gasteiger partial charge in [-0.25, -0.2) is 19.2 Å². The first-order valence-electron chi connectivity index (χ1n) is 14.3. The topological polar surface area (TPSA) is 198 Å². The van der Waals surface area contributed by atoms with Gasteiger partial charge in [0, 0.05) is 35.1 Å². The second kappa shape index (κ2) is 20.7. The number of carbonyl (C=O) groups excluding carboxylic acids is 6. The maximum Gasteiger partial charge on any atom is 0.333 e. The molecule has 258 valence electrons. The fourth-order valence-corrected chi connectivity index (χ4v) is 3.04. The molecule has 0 radical (unpaired) electrons. The van der Waals surface area contributed by atoms with Crippen LogP contribution in [0.1, 0.15) is 53.4 Å². The molecule has 14 nitrogen and oxygen atoms in total. The Morgan fingerprint density at radius 2 is 0.674 bits per heavy atom.